The van der Waals surface area contributed by atoms with E-state index in [1.165, 1.54) is 11.1 Å². The molecule has 1 aromatic heterocycles. The summed E-state index contributed by atoms with van der Waals surface area (Å²) in [5.41, 5.74) is 5.01. The number of nitrogens with one attached hydrogen (secondary N) is 1. The van der Waals surface area contributed by atoms with Crippen LogP contribution in [0, 0.1) is 12.8 Å². The first-order valence-electron chi connectivity index (χ1n) is 10.3. The van der Waals surface area contributed by atoms with Crippen molar-refractivity contribution in [3.05, 3.63) is 89.7 Å². The van der Waals surface area contributed by atoms with E-state index >= 15 is 0 Å². The topological polar surface area (TPSA) is 45.2 Å². The van der Waals surface area contributed by atoms with E-state index in [0.29, 0.717) is 5.56 Å². The van der Waals surface area contributed by atoms with E-state index in [1.807, 2.05) is 43.5 Å². The van der Waals surface area contributed by atoms with Gasteiger partial charge in [0.1, 0.15) is 0 Å². The lowest BCUT2D eigenvalue weighted by Crippen LogP contribution is -2.34. The minimum absolute atomic E-state index is 0.123. The summed E-state index contributed by atoms with van der Waals surface area (Å²) in [6.45, 7) is 4.03. The van der Waals surface area contributed by atoms with Crippen molar-refractivity contribution in [2.24, 2.45) is 5.92 Å². The van der Waals surface area contributed by atoms with Crippen LogP contribution < -0.4 is 10.2 Å². The Morgan fingerprint density at radius 3 is 2.48 bits per heavy atom. The van der Waals surface area contributed by atoms with Crippen LogP contribution >= 0.6 is 0 Å². The van der Waals surface area contributed by atoms with Gasteiger partial charge in [0.25, 0.3) is 5.91 Å². The van der Waals surface area contributed by atoms with Gasteiger partial charge in [0.15, 0.2) is 0 Å². The molecule has 1 N–H and O–H groups in total. The van der Waals surface area contributed by atoms with Crippen LogP contribution in [-0.2, 0) is 6.42 Å². The van der Waals surface area contributed by atoms with Gasteiger partial charge >= 0.3 is 0 Å². The summed E-state index contributed by atoms with van der Waals surface area (Å²) in [4.78, 5) is 19.3. The molecule has 2 aromatic carbocycles. The third kappa shape index (κ3) is 5.02. The molecule has 0 atom stereocenters. The van der Waals surface area contributed by atoms with Crippen molar-refractivity contribution in [2.45, 2.75) is 26.2 Å². The summed E-state index contributed by atoms with van der Waals surface area (Å²) >= 11 is 0. The third-order valence-corrected chi connectivity index (χ3v) is 5.64. The quantitative estimate of drug-likeness (QED) is 0.664. The number of aryl methyl sites for hydroxylation is 1. The molecule has 1 aliphatic rings. The van der Waals surface area contributed by atoms with Crippen molar-refractivity contribution >= 4 is 17.3 Å². The second kappa shape index (κ2) is 8.91. The Hall–Kier alpha value is -3.14. The molecule has 1 fully saturated rings. The van der Waals surface area contributed by atoms with Gasteiger partial charge in [0.05, 0.1) is 17.4 Å². The monoisotopic (exact) mass is 385 g/mol. The Kier molecular flexibility index (Phi) is 5.89. The predicted octanol–water partition coefficient (Wildman–Crippen LogP) is 5.10. The largest absolute Gasteiger partial charge is 0.370 e. The Morgan fingerprint density at radius 2 is 1.76 bits per heavy atom. The molecule has 2 heterocycles. The molecule has 0 aliphatic carbocycles. The number of anilines is 2. The van der Waals surface area contributed by atoms with Crippen LogP contribution in [0.1, 0.15) is 34.3 Å². The van der Waals surface area contributed by atoms with Crippen LogP contribution in [0.4, 0.5) is 11.4 Å². The number of hydrogen-bond acceptors (Lipinski definition) is 3. The van der Waals surface area contributed by atoms with Gasteiger partial charge in [-0.1, -0.05) is 48.0 Å². The van der Waals surface area contributed by atoms with Gasteiger partial charge in [0.2, 0.25) is 0 Å². The smallest absolute Gasteiger partial charge is 0.257 e. The zero-order valence-electron chi connectivity index (χ0n) is 16.8. The van der Waals surface area contributed by atoms with Crippen LogP contribution in [0.15, 0.2) is 73.1 Å². The van der Waals surface area contributed by atoms with Gasteiger partial charge in [-0.15, -0.1) is 0 Å². The molecule has 0 spiro atoms. The standard InChI is InChI=1S/C25H27N3O/c1-19-7-9-23(10-8-19)27-25(29)22-16-24(18-26-17-22)28-13-11-21(12-14-28)15-20-5-3-2-4-6-20/h2-10,16-18,21H,11-15H2,1H3,(H,27,29). The SMILES string of the molecule is Cc1ccc(NC(=O)c2cncc(N3CCC(Cc4ccccc4)CC3)c2)cc1. The van der Waals surface area contributed by atoms with E-state index < -0.39 is 0 Å². The molecule has 0 unspecified atom stereocenters. The molecule has 0 radical (unpaired) electrons. The Balaban J connectivity index is 1.36. The number of nitrogens with zero attached hydrogens (tertiary/aromatic N) is 2. The lowest BCUT2D eigenvalue weighted by Gasteiger charge is -2.33. The van der Waals surface area contributed by atoms with Crippen LogP contribution in [0.2, 0.25) is 0 Å². The average Bonchev–Trinajstić information content (AvgIpc) is 2.77. The first-order chi connectivity index (χ1) is 14.2. The average molecular weight is 386 g/mol. The van der Waals surface area contributed by atoms with Gasteiger partial charge in [-0.3, -0.25) is 9.78 Å². The number of benzene rings is 2. The Morgan fingerprint density at radius 1 is 1.03 bits per heavy atom. The summed E-state index contributed by atoms with van der Waals surface area (Å²) in [5.74, 6) is 0.594. The van der Waals surface area contributed by atoms with Gasteiger partial charge in [-0.2, -0.15) is 0 Å². The number of amides is 1. The molecule has 4 heteroatoms. The van der Waals surface area contributed by atoms with Crippen molar-refractivity contribution in [3.63, 3.8) is 0 Å². The molecule has 4 rings (SSSR count). The maximum atomic E-state index is 12.6. The summed E-state index contributed by atoms with van der Waals surface area (Å²) < 4.78 is 0. The van der Waals surface area contributed by atoms with Gasteiger partial charge in [-0.05, 0) is 55.9 Å². The molecule has 3 aromatic rings. The van der Waals surface area contributed by atoms with Crippen molar-refractivity contribution in [2.75, 3.05) is 23.3 Å². The maximum Gasteiger partial charge on any atom is 0.257 e. The first kappa shape index (κ1) is 19.2. The minimum atomic E-state index is -0.123. The number of carbonyl (C=O) groups is 1. The van der Waals surface area contributed by atoms with Gasteiger partial charge < -0.3 is 10.2 Å². The highest BCUT2D eigenvalue weighted by Gasteiger charge is 2.20. The van der Waals surface area contributed by atoms with Crippen molar-refractivity contribution < 1.29 is 4.79 Å². The van der Waals surface area contributed by atoms with Crippen molar-refractivity contribution in [1.29, 1.82) is 0 Å². The molecule has 0 saturated carbocycles. The molecule has 29 heavy (non-hydrogen) atoms. The zero-order valence-corrected chi connectivity index (χ0v) is 16.8. The van der Waals surface area contributed by atoms with Crippen LogP contribution in [0.5, 0.6) is 0 Å². The van der Waals surface area contributed by atoms with Crippen LogP contribution in [-0.4, -0.2) is 24.0 Å². The van der Waals surface area contributed by atoms with Crippen LogP contribution in [0.25, 0.3) is 0 Å². The molecular formula is C25H27N3O. The molecule has 148 valence electrons. The molecule has 1 saturated heterocycles. The van der Waals surface area contributed by atoms with Crippen LogP contribution in [0.3, 0.4) is 0 Å². The number of hydrogen-bond donors (Lipinski definition) is 1. The summed E-state index contributed by atoms with van der Waals surface area (Å²) in [5, 5.41) is 2.95. The normalized spacial score (nSPS) is 14.6. The van der Waals surface area contributed by atoms with Crippen molar-refractivity contribution in [1.82, 2.24) is 4.98 Å². The van der Waals surface area contributed by atoms with E-state index in [-0.39, 0.29) is 5.91 Å². The molecule has 1 amide bonds. The van der Waals surface area contributed by atoms with E-state index in [4.69, 9.17) is 0 Å². The summed E-state index contributed by atoms with van der Waals surface area (Å²) in [7, 11) is 0. The highest BCUT2D eigenvalue weighted by Crippen LogP contribution is 2.26. The second-order valence-corrected chi connectivity index (χ2v) is 7.87. The number of pyridine rings is 1. The fraction of sp³-hybridized carbons (Fsp3) is 0.280. The molecule has 4 nitrogen and oxygen atoms in total. The van der Waals surface area contributed by atoms with Crippen molar-refractivity contribution in [3.8, 4) is 0 Å². The van der Waals surface area contributed by atoms with Gasteiger partial charge in [-0.25, -0.2) is 0 Å². The summed E-state index contributed by atoms with van der Waals surface area (Å²) in [6, 6.07) is 20.5. The molecule has 0 bridgehead atoms. The summed E-state index contributed by atoms with van der Waals surface area (Å²) in [6.07, 6.45) is 6.96. The van der Waals surface area contributed by atoms with E-state index in [1.54, 1.807) is 6.20 Å². The lowest BCUT2D eigenvalue weighted by atomic mass is 9.90. The van der Waals surface area contributed by atoms with Gasteiger partial charge in [0, 0.05) is 25.0 Å². The highest BCUT2D eigenvalue weighted by molar-refractivity contribution is 6.04. The predicted molar refractivity (Wildman–Crippen MR) is 118 cm³/mol. The third-order valence-electron chi connectivity index (χ3n) is 5.64. The molecule has 1 aliphatic heterocycles. The van der Waals surface area contributed by atoms with E-state index in [2.05, 4.69) is 45.5 Å². The minimum Gasteiger partial charge on any atom is -0.370 e. The number of rotatable bonds is 5. The number of aromatic nitrogens is 1. The maximum absolute atomic E-state index is 12.6. The lowest BCUT2D eigenvalue weighted by molar-refractivity contribution is 0.102. The number of carbonyl (C=O) groups excluding carboxylic acids is 1. The van der Waals surface area contributed by atoms with E-state index in [9.17, 15) is 4.79 Å². The highest BCUT2D eigenvalue weighted by atomic mass is 16.1. The Bertz CT molecular complexity index is 945. The second-order valence-electron chi connectivity index (χ2n) is 7.87. The molecular weight excluding hydrogens is 358 g/mol. The number of piperidine rings is 1. The fourth-order valence-corrected chi connectivity index (χ4v) is 3.91. The zero-order chi connectivity index (χ0) is 20.1. The van der Waals surface area contributed by atoms with E-state index in [0.717, 1.165) is 49.6 Å². The fourth-order valence-electron chi connectivity index (χ4n) is 3.91. The first-order valence-corrected chi connectivity index (χ1v) is 10.3. The Labute approximate surface area is 172 Å².